The molecule has 0 aromatic heterocycles. The van der Waals surface area contributed by atoms with Crippen LogP contribution in [0.4, 0.5) is 0 Å². The van der Waals surface area contributed by atoms with Crippen LogP contribution >= 0.6 is 7.82 Å². The number of unbranched alkanes of at least 4 members (excludes halogenated alkanes) is 13. The van der Waals surface area contributed by atoms with E-state index in [0.717, 1.165) is 19.3 Å². The van der Waals surface area contributed by atoms with Crippen molar-refractivity contribution in [1.82, 2.24) is 0 Å². The molecule has 0 spiro atoms. The van der Waals surface area contributed by atoms with Crippen LogP contribution in [-0.2, 0) is 28.7 Å². The van der Waals surface area contributed by atoms with E-state index >= 15 is 0 Å². The van der Waals surface area contributed by atoms with Crippen molar-refractivity contribution in [3.8, 4) is 0 Å². The van der Waals surface area contributed by atoms with Crippen LogP contribution in [0.25, 0.3) is 0 Å². The minimum absolute atomic E-state index is 0.180. The second-order valence-corrected chi connectivity index (χ2v) is 7.75. The normalized spacial score (nSPS) is 13.8. The van der Waals surface area contributed by atoms with Gasteiger partial charge in [0.25, 0.3) is 0 Å². The third-order valence-corrected chi connectivity index (χ3v) is 4.56. The van der Waals surface area contributed by atoms with E-state index in [1.54, 1.807) is 6.92 Å². The fourth-order valence-electron chi connectivity index (χ4n) is 2.58. The molecule has 1 N–H and O–H groups in total. The van der Waals surface area contributed by atoms with Gasteiger partial charge in [-0.25, -0.2) is 14.3 Å². The molecule has 0 aromatic rings. The summed E-state index contributed by atoms with van der Waals surface area (Å²) in [6.07, 6.45) is 17.7. The molecule has 0 aliphatic heterocycles. The summed E-state index contributed by atoms with van der Waals surface area (Å²) in [4.78, 5) is 18.1. The summed E-state index contributed by atoms with van der Waals surface area (Å²) in [6.45, 7) is 4.31. The summed E-state index contributed by atoms with van der Waals surface area (Å²) in [7, 11) is -4.38. The van der Waals surface area contributed by atoms with E-state index < -0.39 is 7.82 Å². The Hall–Kier alpha value is -0.0100. The standard InChI is InChI=1S/C18H39O7P/c1-3-5-6-7-8-9-10-11-12-13-14-15-16-17-18-22-24-26(19,20)25-23-21-4-2/h3-18H2,1-2H3,(H,19,20). The Balaban J connectivity index is 3.18. The first-order chi connectivity index (χ1) is 12.6. The molecule has 26 heavy (non-hydrogen) atoms. The molecule has 0 saturated heterocycles. The van der Waals surface area contributed by atoms with E-state index in [0.29, 0.717) is 0 Å². The molecule has 0 heterocycles. The summed E-state index contributed by atoms with van der Waals surface area (Å²) in [6, 6.07) is 0. The molecular weight excluding hydrogens is 359 g/mol. The highest BCUT2D eigenvalue weighted by atomic mass is 31.2. The maximum Gasteiger partial charge on any atom is 0.529 e. The predicted molar refractivity (Wildman–Crippen MR) is 101 cm³/mol. The average Bonchev–Trinajstić information content (AvgIpc) is 2.61. The topological polar surface area (TPSA) is 83.5 Å². The van der Waals surface area contributed by atoms with Crippen molar-refractivity contribution in [3.05, 3.63) is 0 Å². The van der Waals surface area contributed by atoms with E-state index in [1.165, 1.54) is 70.6 Å². The van der Waals surface area contributed by atoms with E-state index in [1.807, 2.05) is 0 Å². The summed E-state index contributed by atoms with van der Waals surface area (Å²) in [5.74, 6) is 0. The van der Waals surface area contributed by atoms with Crippen molar-refractivity contribution in [2.45, 2.75) is 104 Å². The monoisotopic (exact) mass is 398 g/mol. The van der Waals surface area contributed by atoms with Crippen LogP contribution in [0.2, 0.25) is 0 Å². The molecule has 0 aliphatic rings. The molecule has 1 atom stereocenters. The Morgan fingerprint density at radius 1 is 0.654 bits per heavy atom. The first-order valence-electron chi connectivity index (χ1n) is 10.2. The highest BCUT2D eigenvalue weighted by Gasteiger charge is 2.25. The first kappa shape index (κ1) is 26.0. The van der Waals surface area contributed by atoms with E-state index in [4.69, 9.17) is 4.89 Å². The third-order valence-electron chi connectivity index (χ3n) is 4.02. The van der Waals surface area contributed by atoms with Crippen LogP contribution in [0.1, 0.15) is 104 Å². The zero-order valence-corrected chi connectivity index (χ0v) is 17.6. The van der Waals surface area contributed by atoms with E-state index in [2.05, 4.69) is 31.1 Å². The third kappa shape index (κ3) is 20.3. The highest BCUT2D eigenvalue weighted by Crippen LogP contribution is 2.43. The van der Waals surface area contributed by atoms with Crippen molar-refractivity contribution in [3.63, 3.8) is 0 Å². The summed E-state index contributed by atoms with van der Waals surface area (Å²) in [5, 5.41) is 4.01. The molecular formula is C18H39O7P. The van der Waals surface area contributed by atoms with Crippen molar-refractivity contribution in [2.24, 2.45) is 0 Å². The number of hydrogen-bond acceptors (Lipinski definition) is 6. The van der Waals surface area contributed by atoms with Crippen LogP contribution in [0.3, 0.4) is 0 Å². The lowest BCUT2D eigenvalue weighted by Gasteiger charge is -2.08. The molecule has 0 fully saturated rings. The van der Waals surface area contributed by atoms with Gasteiger partial charge < -0.3 is 0 Å². The molecule has 0 bridgehead atoms. The van der Waals surface area contributed by atoms with Gasteiger partial charge in [-0.1, -0.05) is 100 Å². The average molecular weight is 398 g/mol. The van der Waals surface area contributed by atoms with Crippen LogP contribution < -0.4 is 0 Å². The SMILES string of the molecule is CCCCCCCCCCCCCCCCOOP(=O)(O)OOOCC. The maximum absolute atomic E-state index is 11.2. The molecule has 0 amide bonds. The van der Waals surface area contributed by atoms with Crippen LogP contribution in [0, 0.1) is 0 Å². The first-order valence-corrected chi connectivity index (χ1v) is 11.7. The molecule has 0 aliphatic carbocycles. The molecule has 8 heteroatoms. The number of rotatable bonds is 21. The second-order valence-electron chi connectivity index (χ2n) is 6.51. The Bertz CT molecular complexity index is 329. The van der Waals surface area contributed by atoms with E-state index in [-0.39, 0.29) is 13.2 Å². The number of phosphoric acid groups is 1. The molecule has 158 valence electrons. The summed E-state index contributed by atoms with van der Waals surface area (Å²) in [5.41, 5.74) is 0. The zero-order chi connectivity index (χ0) is 19.3. The van der Waals surface area contributed by atoms with Gasteiger partial charge in [-0.15, -0.1) is 4.67 Å². The fraction of sp³-hybridized carbons (Fsp3) is 1.00. The fourth-order valence-corrected chi connectivity index (χ4v) is 2.93. The lowest BCUT2D eigenvalue weighted by molar-refractivity contribution is -0.475. The summed E-state index contributed by atoms with van der Waals surface area (Å²) < 4.78 is 19.5. The summed E-state index contributed by atoms with van der Waals surface area (Å²) >= 11 is 0. The van der Waals surface area contributed by atoms with Gasteiger partial charge in [-0.3, -0.25) is 4.89 Å². The van der Waals surface area contributed by atoms with Gasteiger partial charge in [0, 0.05) is 0 Å². The van der Waals surface area contributed by atoms with Gasteiger partial charge in [-0.05, 0) is 13.3 Å². The Morgan fingerprint density at radius 2 is 1.12 bits per heavy atom. The van der Waals surface area contributed by atoms with Crippen LogP contribution in [0.15, 0.2) is 0 Å². The lowest BCUT2D eigenvalue weighted by atomic mass is 10.0. The second kappa shape index (κ2) is 19.7. The molecule has 0 rings (SSSR count). The van der Waals surface area contributed by atoms with Gasteiger partial charge in [0.05, 0.1) is 13.2 Å². The zero-order valence-electron chi connectivity index (χ0n) is 16.7. The minimum atomic E-state index is -4.38. The Labute approximate surface area is 159 Å². The molecule has 7 nitrogen and oxygen atoms in total. The van der Waals surface area contributed by atoms with Gasteiger partial charge in [-0.2, -0.15) is 0 Å². The van der Waals surface area contributed by atoms with E-state index in [9.17, 15) is 4.57 Å². The minimum Gasteiger partial charge on any atom is -0.299 e. The van der Waals surface area contributed by atoms with Crippen molar-refractivity contribution < 1.29 is 33.6 Å². The van der Waals surface area contributed by atoms with Gasteiger partial charge in [0.2, 0.25) is 0 Å². The molecule has 0 aromatic carbocycles. The Morgan fingerprint density at radius 3 is 1.58 bits per heavy atom. The Kier molecular flexibility index (Phi) is 19.7. The van der Waals surface area contributed by atoms with Crippen molar-refractivity contribution in [1.29, 1.82) is 0 Å². The van der Waals surface area contributed by atoms with Gasteiger partial charge in [0.15, 0.2) is 0 Å². The predicted octanol–water partition coefficient (Wildman–Crippen LogP) is 6.42. The molecule has 0 radical (unpaired) electrons. The van der Waals surface area contributed by atoms with Crippen molar-refractivity contribution in [2.75, 3.05) is 13.2 Å². The van der Waals surface area contributed by atoms with Gasteiger partial charge in [0.1, 0.15) is 0 Å². The highest BCUT2D eigenvalue weighted by molar-refractivity contribution is 7.47. The number of hydrogen-bond donors (Lipinski definition) is 1. The lowest BCUT2D eigenvalue weighted by Crippen LogP contribution is -2.00. The largest absolute Gasteiger partial charge is 0.529 e. The maximum atomic E-state index is 11.2. The smallest absolute Gasteiger partial charge is 0.299 e. The molecule has 0 saturated carbocycles. The van der Waals surface area contributed by atoms with Crippen molar-refractivity contribution >= 4 is 7.82 Å². The van der Waals surface area contributed by atoms with Crippen LogP contribution in [-0.4, -0.2) is 18.1 Å². The van der Waals surface area contributed by atoms with Crippen LogP contribution in [0.5, 0.6) is 0 Å². The molecule has 1 unspecified atom stereocenters. The van der Waals surface area contributed by atoms with Gasteiger partial charge >= 0.3 is 7.82 Å². The quantitative estimate of drug-likeness (QED) is 0.103.